The van der Waals surface area contributed by atoms with Gasteiger partial charge in [-0.3, -0.25) is 9.78 Å². The zero-order valence-corrected chi connectivity index (χ0v) is 17.6. The molecule has 164 valence electrons. The Morgan fingerprint density at radius 2 is 1.91 bits per heavy atom. The van der Waals surface area contributed by atoms with Crippen LogP contribution >= 0.6 is 0 Å². The van der Waals surface area contributed by atoms with Gasteiger partial charge in [0.1, 0.15) is 0 Å². The van der Waals surface area contributed by atoms with Gasteiger partial charge in [0, 0.05) is 50.4 Å². The van der Waals surface area contributed by atoms with Crippen molar-refractivity contribution in [2.24, 2.45) is 7.05 Å². The van der Waals surface area contributed by atoms with E-state index < -0.39 is 11.7 Å². The molecule has 2 aromatic carbocycles. The van der Waals surface area contributed by atoms with Crippen molar-refractivity contribution in [2.75, 3.05) is 19.0 Å². The lowest BCUT2D eigenvalue weighted by Crippen LogP contribution is -2.19. The molecule has 0 aliphatic rings. The van der Waals surface area contributed by atoms with Crippen LogP contribution in [-0.4, -0.2) is 34.5 Å². The summed E-state index contributed by atoms with van der Waals surface area (Å²) in [5.74, 6) is 0.201. The number of fused-ring (bicyclic) bond motifs is 1. The molecule has 4 aromatic rings. The number of halogens is 3. The maximum Gasteiger partial charge on any atom is 0.417 e. The highest BCUT2D eigenvalue weighted by molar-refractivity contribution is 5.95. The van der Waals surface area contributed by atoms with Gasteiger partial charge < -0.3 is 14.8 Å². The molecule has 9 heteroatoms. The van der Waals surface area contributed by atoms with Crippen molar-refractivity contribution in [3.8, 4) is 11.1 Å². The number of carbonyl (C=O) groups is 1. The number of nitrogens with zero attached hydrogens (tertiary/aromatic N) is 4. The van der Waals surface area contributed by atoms with E-state index in [0.29, 0.717) is 28.3 Å². The van der Waals surface area contributed by atoms with E-state index in [4.69, 9.17) is 0 Å². The molecule has 2 heterocycles. The average molecular weight is 439 g/mol. The molecule has 0 spiro atoms. The minimum Gasteiger partial charge on any atom is -0.355 e. The first-order chi connectivity index (χ1) is 15.2. The molecule has 0 fully saturated rings. The van der Waals surface area contributed by atoms with Crippen LogP contribution in [0.5, 0.6) is 0 Å². The Labute approximate surface area is 182 Å². The first kappa shape index (κ1) is 21.4. The van der Waals surface area contributed by atoms with Gasteiger partial charge in [-0.25, -0.2) is 4.98 Å². The topological polar surface area (TPSA) is 63.1 Å². The second-order valence-electron chi connectivity index (χ2n) is 7.29. The van der Waals surface area contributed by atoms with Crippen LogP contribution in [0.3, 0.4) is 0 Å². The van der Waals surface area contributed by atoms with Crippen LogP contribution in [0.1, 0.15) is 15.9 Å². The molecule has 0 unspecified atom stereocenters. The summed E-state index contributed by atoms with van der Waals surface area (Å²) in [6.45, 7) is 0. The predicted molar refractivity (Wildman–Crippen MR) is 117 cm³/mol. The largest absolute Gasteiger partial charge is 0.417 e. The van der Waals surface area contributed by atoms with E-state index in [1.807, 2.05) is 0 Å². The molecular weight excluding hydrogens is 419 g/mol. The SMILES string of the molecule is CNC(=O)c1cccc(N(C)c2nc3cc(C(F)(F)F)c(-c4cccnc4)cc3n2C)c1. The maximum atomic E-state index is 13.8. The number of aryl methyl sites for hydroxylation is 1. The smallest absolute Gasteiger partial charge is 0.355 e. The number of alkyl halides is 3. The molecule has 0 saturated heterocycles. The third-order valence-electron chi connectivity index (χ3n) is 5.30. The van der Waals surface area contributed by atoms with E-state index in [1.54, 1.807) is 67.0 Å². The quantitative estimate of drug-likeness (QED) is 0.497. The molecule has 32 heavy (non-hydrogen) atoms. The Morgan fingerprint density at radius 3 is 2.56 bits per heavy atom. The molecule has 0 saturated carbocycles. The zero-order chi connectivity index (χ0) is 23.0. The second kappa shape index (κ2) is 7.99. The molecule has 1 N–H and O–H groups in total. The first-order valence-corrected chi connectivity index (χ1v) is 9.74. The summed E-state index contributed by atoms with van der Waals surface area (Å²) in [5, 5.41) is 2.57. The third-order valence-corrected chi connectivity index (χ3v) is 5.30. The van der Waals surface area contributed by atoms with Gasteiger partial charge in [0.25, 0.3) is 5.91 Å². The number of hydrogen-bond donors (Lipinski definition) is 1. The fourth-order valence-electron chi connectivity index (χ4n) is 3.64. The minimum atomic E-state index is -4.55. The van der Waals surface area contributed by atoms with E-state index in [2.05, 4.69) is 15.3 Å². The molecule has 0 atom stereocenters. The Morgan fingerprint density at radius 1 is 1.12 bits per heavy atom. The first-order valence-electron chi connectivity index (χ1n) is 9.74. The average Bonchev–Trinajstić information content (AvgIpc) is 3.13. The summed E-state index contributed by atoms with van der Waals surface area (Å²) >= 11 is 0. The van der Waals surface area contributed by atoms with E-state index in [-0.39, 0.29) is 17.0 Å². The molecule has 4 rings (SSSR count). The highest BCUT2D eigenvalue weighted by Gasteiger charge is 2.35. The summed E-state index contributed by atoms with van der Waals surface area (Å²) in [5.41, 5.74) is 1.54. The van der Waals surface area contributed by atoms with E-state index in [9.17, 15) is 18.0 Å². The maximum absolute atomic E-state index is 13.8. The molecular formula is C23H20F3N5O. The molecule has 0 radical (unpaired) electrons. The number of anilines is 2. The fraction of sp³-hybridized carbons (Fsp3) is 0.174. The van der Waals surface area contributed by atoms with Gasteiger partial charge in [0.15, 0.2) is 0 Å². The van der Waals surface area contributed by atoms with E-state index in [1.165, 1.54) is 18.5 Å². The molecule has 1 amide bonds. The van der Waals surface area contributed by atoms with Crippen LogP contribution in [0, 0.1) is 0 Å². The molecule has 6 nitrogen and oxygen atoms in total. The summed E-state index contributed by atoms with van der Waals surface area (Å²) < 4.78 is 43.3. The normalized spacial score (nSPS) is 11.6. The minimum absolute atomic E-state index is 0.0388. The Hall–Kier alpha value is -3.88. The van der Waals surface area contributed by atoms with Gasteiger partial charge in [0.2, 0.25) is 5.95 Å². The van der Waals surface area contributed by atoms with Crippen molar-refractivity contribution < 1.29 is 18.0 Å². The Kier molecular flexibility index (Phi) is 5.33. The van der Waals surface area contributed by atoms with E-state index >= 15 is 0 Å². The van der Waals surface area contributed by atoms with Crippen LogP contribution < -0.4 is 10.2 Å². The monoisotopic (exact) mass is 439 g/mol. The van der Waals surface area contributed by atoms with Crippen LogP contribution in [0.2, 0.25) is 0 Å². The number of pyridine rings is 1. The van der Waals surface area contributed by atoms with Crippen molar-refractivity contribution in [3.05, 3.63) is 72.1 Å². The van der Waals surface area contributed by atoms with E-state index in [0.717, 1.165) is 6.07 Å². The molecule has 0 aliphatic heterocycles. The highest BCUT2D eigenvalue weighted by atomic mass is 19.4. The van der Waals surface area contributed by atoms with Crippen molar-refractivity contribution in [3.63, 3.8) is 0 Å². The molecule has 0 aliphatic carbocycles. The number of carbonyl (C=O) groups excluding carboxylic acids is 1. The van der Waals surface area contributed by atoms with Crippen LogP contribution in [-0.2, 0) is 13.2 Å². The number of imidazole rings is 1. The lowest BCUT2D eigenvalue weighted by Gasteiger charge is -2.19. The fourth-order valence-corrected chi connectivity index (χ4v) is 3.64. The number of nitrogens with one attached hydrogen (secondary N) is 1. The highest BCUT2D eigenvalue weighted by Crippen LogP contribution is 2.40. The number of rotatable bonds is 4. The lowest BCUT2D eigenvalue weighted by atomic mass is 10.00. The van der Waals surface area contributed by atoms with Gasteiger partial charge >= 0.3 is 6.18 Å². The van der Waals surface area contributed by atoms with Crippen molar-refractivity contribution in [2.45, 2.75) is 6.18 Å². The van der Waals surface area contributed by atoms with Crippen LogP contribution in [0.4, 0.5) is 24.8 Å². The van der Waals surface area contributed by atoms with Gasteiger partial charge in [0.05, 0.1) is 16.6 Å². The molecule has 2 aromatic heterocycles. The summed E-state index contributed by atoms with van der Waals surface area (Å²) in [4.78, 5) is 22.1. The lowest BCUT2D eigenvalue weighted by molar-refractivity contribution is -0.137. The second-order valence-corrected chi connectivity index (χ2v) is 7.29. The summed E-state index contributed by atoms with van der Waals surface area (Å²) in [6.07, 6.45) is -1.63. The number of hydrogen-bond acceptors (Lipinski definition) is 4. The predicted octanol–water partition coefficient (Wildman–Crippen LogP) is 4.78. The Balaban J connectivity index is 1.87. The van der Waals surface area contributed by atoms with Gasteiger partial charge in [-0.15, -0.1) is 0 Å². The van der Waals surface area contributed by atoms with Gasteiger partial charge in [-0.05, 0) is 42.0 Å². The molecule has 0 bridgehead atoms. The van der Waals surface area contributed by atoms with Crippen LogP contribution in [0.15, 0.2) is 60.9 Å². The Bertz CT molecular complexity index is 1300. The number of benzene rings is 2. The number of aromatic nitrogens is 3. The summed E-state index contributed by atoms with van der Waals surface area (Å²) in [6, 6.07) is 12.7. The van der Waals surface area contributed by atoms with Crippen molar-refractivity contribution in [1.82, 2.24) is 19.9 Å². The standard InChI is InChI=1S/C23H20F3N5O/c1-27-21(32)14-6-4-8-16(10-14)30(2)22-29-19-12-18(23(24,25)26)17(11-20(19)31(22)3)15-7-5-9-28-13-15/h4-13H,1-3H3,(H,27,32). The number of amides is 1. The van der Waals surface area contributed by atoms with Crippen LogP contribution in [0.25, 0.3) is 22.2 Å². The van der Waals surface area contributed by atoms with Gasteiger partial charge in [-0.2, -0.15) is 13.2 Å². The van der Waals surface area contributed by atoms with Crippen molar-refractivity contribution in [1.29, 1.82) is 0 Å². The van der Waals surface area contributed by atoms with Crippen molar-refractivity contribution >= 4 is 28.6 Å². The van der Waals surface area contributed by atoms with Gasteiger partial charge in [-0.1, -0.05) is 12.1 Å². The third kappa shape index (κ3) is 3.77. The summed E-state index contributed by atoms with van der Waals surface area (Å²) in [7, 11) is 5.03. The zero-order valence-electron chi connectivity index (χ0n) is 17.6.